The quantitative estimate of drug-likeness (QED) is 0.494. The molecule has 0 atom stereocenters. The number of amides is 1. The number of aromatic nitrogens is 3. The maximum absolute atomic E-state index is 12.7. The summed E-state index contributed by atoms with van der Waals surface area (Å²) in [4.78, 5) is 29.3. The number of oxazole rings is 1. The molecule has 2 aromatic carbocycles. The highest BCUT2D eigenvalue weighted by molar-refractivity contribution is 6.03. The van der Waals surface area contributed by atoms with Gasteiger partial charge >= 0.3 is 0 Å². The van der Waals surface area contributed by atoms with E-state index < -0.39 is 5.91 Å². The molecule has 0 spiro atoms. The predicted octanol–water partition coefficient (Wildman–Crippen LogP) is 3.59. The van der Waals surface area contributed by atoms with Crippen LogP contribution in [-0.4, -0.2) is 27.3 Å². The number of carbonyl (C=O) groups is 1. The third-order valence-electron chi connectivity index (χ3n) is 5.00. The minimum Gasteiger partial charge on any atom is -0.492 e. The summed E-state index contributed by atoms with van der Waals surface area (Å²) in [5.74, 6) is 1.46. The average Bonchev–Trinajstić information content (AvgIpc) is 3.55. The Morgan fingerprint density at radius 2 is 1.97 bits per heavy atom. The Kier molecular flexibility index (Phi) is 4.95. The Morgan fingerprint density at radius 3 is 2.77 bits per heavy atom. The van der Waals surface area contributed by atoms with Gasteiger partial charge in [0.15, 0.2) is 11.5 Å². The van der Waals surface area contributed by atoms with Crippen LogP contribution >= 0.6 is 0 Å². The molecule has 31 heavy (non-hydrogen) atoms. The van der Waals surface area contributed by atoms with Crippen LogP contribution in [0.5, 0.6) is 5.75 Å². The zero-order chi connectivity index (χ0) is 21.2. The summed E-state index contributed by atoms with van der Waals surface area (Å²) in [6.07, 6.45) is 2.21. The van der Waals surface area contributed by atoms with E-state index in [1.807, 2.05) is 30.3 Å². The monoisotopic (exact) mass is 416 g/mol. The van der Waals surface area contributed by atoms with Crippen LogP contribution < -0.4 is 15.6 Å². The first-order chi connectivity index (χ1) is 15.2. The van der Waals surface area contributed by atoms with Crippen LogP contribution in [-0.2, 0) is 6.54 Å². The second kappa shape index (κ2) is 8.06. The third-order valence-corrected chi connectivity index (χ3v) is 5.00. The molecule has 2 aromatic heterocycles. The van der Waals surface area contributed by atoms with Crippen molar-refractivity contribution in [2.45, 2.75) is 25.3 Å². The molecular weight excluding hydrogens is 396 g/mol. The van der Waals surface area contributed by atoms with Crippen molar-refractivity contribution in [2.75, 3.05) is 11.9 Å². The van der Waals surface area contributed by atoms with Gasteiger partial charge in [0, 0.05) is 17.7 Å². The van der Waals surface area contributed by atoms with Crippen LogP contribution in [0.3, 0.4) is 0 Å². The molecule has 1 saturated carbocycles. The molecule has 8 heteroatoms. The minimum atomic E-state index is -0.414. The molecule has 4 aromatic rings. The summed E-state index contributed by atoms with van der Waals surface area (Å²) in [5.41, 5.74) is 1.82. The largest absolute Gasteiger partial charge is 0.492 e. The molecule has 1 N–H and O–H groups in total. The fourth-order valence-electron chi connectivity index (χ4n) is 3.22. The van der Waals surface area contributed by atoms with Crippen molar-refractivity contribution in [3.63, 3.8) is 0 Å². The van der Waals surface area contributed by atoms with Gasteiger partial charge in [0.2, 0.25) is 0 Å². The molecule has 1 fully saturated rings. The fraction of sp³-hybridized carbons (Fsp3) is 0.217. The number of benzene rings is 2. The smallest absolute Gasteiger partial charge is 0.276 e. The first-order valence-electron chi connectivity index (χ1n) is 10.1. The maximum Gasteiger partial charge on any atom is 0.276 e. The van der Waals surface area contributed by atoms with Gasteiger partial charge in [0.25, 0.3) is 11.5 Å². The van der Waals surface area contributed by atoms with E-state index in [0.717, 1.165) is 18.7 Å². The van der Waals surface area contributed by atoms with Crippen molar-refractivity contribution in [3.8, 4) is 5.75 Å². The molecule has 0 radical (unpaired) electrons. The maximum atomic E-state index is 12.7. The van der Waals surface area contributed by atoms with Gasteiger partial charge in [-0.05, 0) is 49.2 Å². The van der Waals surface area contributed by atoms with Gasteiger partial charge in [-0.25, -0.2) is 9.67 Å². The van der Waals surface area contributed by atoms with Gasteiger partial charge < -0.3 is 14.5 Å². The lowest BCUT2D eigenvalue weighted by atomic mass is 10.2. The van der Waals surface area contributed by atoms with Crippen LogP contribution in [0, 0.1) is 0 Å². The molecule has 1 aliphatic rings. The number of ether oxygens (including phenoxy) is 1. The Labute approximate surface area is 177 Å². The van der Waals surface area contributed by atoms with Gasteiger partial charge in [-0.15, -0.1) is 0 Å². The molecule has 0 aliphatic heterocycles. The number of rotatable bonds is 7. The molecule has 0 bridgehead atoms. The summed E-state index contributed by atoms with van der Waals surface area (Å²) in [6.45, 7) is 0.484. The van der Waals surface area contributed by atoms with Crippen molar-refractivity contribution in [3.05, 3.63) is 82.6 Å². The summed E-state index contributed by atoms with van der Waals surface area (Å²) in [6, 6.07) is 17.4. The van der Waals surface area contributed by atoms with Crippen LogP contribution in [0.4, 0.5) is 5.69 Å². The number of nitrogens with zero attached hydrogens (tertiary/aromatic N) is 3. The lowest BCUT2D eigenvalue weighted by Crippen LogP contribution is -2.28. The molecule has 5 rings (SSSR count). The fourth-order valence-corrected chi connectivity index (χ4v) is 3.22. The molecule has 1 aliphatic carbocycles. The number of hydrogen-bond acceptors (Lipinski definition) is 6. The normalized spacial score (nSPS) is 13.3. The average molecular weight is 416 g/mol. The van der Waals surface area contributed by atoms with Crippen LogP contribution in [0.15, 0.2) is 69.9 Å². The van der Waals surface area contributed by atoms with Gasteiger partial charge in [-0.1, -0.05) is 18.2 Å². The van der Waals surface area contributed by atoms with Crippen LogP contribution in [0.2, 0.25) is 0 Å². The van der Waals surface area contributed by atoms with E-state index in [1.165, 1.54) is 16.8 Å². The molecule has 156 valence electrons. The van der Waals surface area contributed by atoms with Gasteiger partial charge in [0.1, 0.15) is 23.6 Å². The van der Waals surface area contributed by atoms with E-state index in [0.29, 0.717) is 28.5 Å². The molecule has 0 saturated heterocycles. The van der Waals surface area contributed by atoms with Crippen molar-refractivity contribution in [1.29, 1.82) is 0 Å². The standard InChI is InChI=1S/C23H20N4O4/c28-21-11-9-18(26-27(21)12-13-30-17-4-2-1-3-5-17)22(29)24-16-8-10-20-19(14-16)25-23(31-20)15-6-7-15/h1-5,8-11,14-15H,6-7,12-13H2,(H,24,29). The number of para-hydroxylation sites is 1. The Balaban J connectivity index is 1.27. The van der Waals surface area contributed by atoms with Crippen molar-refractivity contribution in [1.82, 2.24) is 14.8 Å². The molecule has 2 heterocycles. The van der Waals surface area contributed by atoms with E-state index in [2.05, 4.69) is 15.4 Å². The number of fused-ring (bicyclic) bond motifs is 1. The zero-order valence-electron chi connectivity index (χ0n) is 16.7. The summed E-state index contributed by atoms with van der Waals surface area (Å²) < 4.78 is 12.6. The van der Waals surface area contributed by atoms with E-state index in [9.17, 15) is 9.59 Å². The Bertz CT molecular complexity index is 1290. The molecular formula is C23H20N4O4. The predicted molar refractivity (Wildman–Crippen MR) is 114 cm³/mol. The minimum absolute atomic E-state index is 0.137. The van der Waals surface area contributed by atoms with Crippen molar-refractivity contribution >= 4 is 22.7 Å². The molecule has 0 unspecified atom stereocenters. The number of hydrogen-bond donors (Lipinski definition) is 1. The Hall–Kier alpha value is -3.94. The van der Waals surface area contributed by atoms with Gasteiger partial charge in [-0.3, -0.25) is 9.59 Å². The number of anilines is 1. The van der Waals surface area contributed by atoms with Crippen LogP contribution in [0.25, 0.3) is 11.1 Å². The summed E-state index contributed by atoms with van der Waals surface area (Å²) in [7, 11) is 0. The van der Waals surface area contributed by atoms with E-state index in [1.54, 1.807) is 18.2 Å². The zero-order valence-corrected chi connectivity index (χ0v) is 16.7. The van der Waals surface area contributed by atoms with Gasteiger partial charge in [0.05, 0.1) is 6.54 Å². The molecule has 8 nitrogen and oxygen atoms in total. The third kappa shape index (κ3) is 4.32. The number of nitrogens with one attached hydrogen (secondary N) is 1. The van der Waals surface area contributed by atoms with Crippen molar-refractivity contribution in [2.24, 2.45) is 0 Å². The van der Waals surface area contributed by atoms with E-state index in [4.69, 9.17) is 9.15 Å². The highest BCUT2D eigenvalue weighted by Gasteiger charge is 2.28. The second-order valence-electron chi connectivity index (χ2n) is 7.40. The second-order valence-corrected chi connectivity index (χ2v) is 7.40. The van der Waals surface area contributed by atoms with E-state index >= 15 is 0 Å². The summed E-state index contributed by atoms with van der Waals surface area (Å²) in [5, 5.41) is 6.98. The first-order valence-corrected chi connectivity index (χ1v) is 10.1. The van der Waals surface area contributed by atoms with Gasteiger partial charge in [-0.2, -0.15) is 5.10 Å². The lowest BCUT2D eigenvalue weighted by molar-refractivity contribution is 0.101. The lowest BCUT2D eigenvalue weighted by Gasteiger charge is -2.09. The number of carbonyl (C=O) groups excluding carboxylic acids is 1. The highest BCUT2D eigenvalue weighted by Crippen LogP contribution is 2.40. The first kappa shape index (κ1) is 19.0. The SMILES string of the molecule is O=C(Nc1ccc2oc(C3CC3)nc2c1)c1ccc(=O)n(CCOc2ccccc2)n1. The summed E-state index contributed by atoms with van der Waals surface area (Å²) >= 11 is 0. The topological polar surface area (TPSA) is 99.2 Å². The molecule has 1 amide bonds. The highest BCUT2D eigenvalue weighted by atomic mass is 16.5. The van der Waals surface area contributed by atoms with E-state index in [-0.39, 0.29) is 24.4 Å². The Morgan fingerprint density at radius 1 is 1.13 bits per heavy atom. The van der Waals surface area contributed by atoms with Crippen LogP contribution in [0.1, 0.15) is 35.1 Å². The van der Waals surface area contributed by atoms with Crippen molar-refractivity contribution < 1.29 is 13.9 Å².